The molecule has 0 radical (unpaired) electrons. The number of Topliss-reactive ketones (excluding diaryl/α,β-unsaturated/α-hetero) is 3. The second kappa shape index (κ2) is 28.4. The number of methoxy groups -OCH3 is 3. The van der Waals surface area contributed by atoms with Crippen molar-refractivity contribution in [1.29, 1.82) is 0 Å². The lowest BCUT2D eigenvalue weighted by molar-refractivity contribution is -0.265. The predicted molar refractivity (Wildman–Crippen MR) is 273 cm³/mol. The van der Waals surface area contributed by atoms with Gasteiger partial charge < -0.3 is 58.9 Å². The molecule has 2 saturated heterocycles. The molecule has 2 bridgehead atoms. The number of ether oxygens (including phenoxy) is 6. The third-order valence-electron chi connectivity index (χ3n) is 16.2. The summed E-state index contributed by atoms with van der Waals surface area (Å²) in [6.07, 6.45) is 6.79. The van der Waals surface area contributed by atoms with E-state index in [9.17, 15) is 54.3 Å². The van der Waals surface area contributed by atoms with Crippen LogP contribution in [0.15, 0.2) is 47.6 Å². The molecule has 1 saturated carbocycles. The largest absolute Gasteiger partial charge is 0.460 e. The lowest BCUT2D eigenvalue weighted by atomic mass is 9.78. The smallest absolute Gasteiger partial charge is 0.329 e. The predicted octanol–water partition coefficient (Wildman–Crippen LogP) is 4.69. The van der Waals surface area contributed by atoms with E-state index < -0.39 is 138 Å². The van der Waals surface area contributed by atoms with Gasteiger partial charge in [-0.15, -0.1) is 0 Å². The molecule has 16 atom stereocenters. The SMILES string of the molecule is COC1CC2CCC(C)C(O)(O2)C(=O)C(=O)N2CCCCC2C(=O)OC(C(C)CC2CCC(OC(=O)C(C)(CO)CO)C(OC)C2)CC(=O)C(C)/C=C(\C)C(O)C(OC)C(=O)C(C)C(O)C(C)/C=C/C=CC=C1C. The number of nitrogens with zero attached hydrogens (tertiary/aromatic N) is 1. The molecule has 16 unspecified atom stereocenters. The average Bonchev–Trinajstić information content (AvgIpc) is 3.39. The first-order valence-electron chi connectivity index (χ1n) is 26.5. The van der Waals surface area contributed by atoms with Gasteiger partial charge in [-0.2, -0.15) is 0 Å². The summed E-state index contributed by atoms with van der Waals surface area (Å²) >= 11 is 0. The number of ketones is 3. The Bertz CT molecular complexity index is 2050. The van der Waals surface area contributed by atoms with Crippen molar-refractivity contribution in [2.24, 2.45) is 40.9 Å². The third-order valence-corrected chi connectivity index (χ3v) is 16.2. The summed E-state index contributed by atoms with van der Waals surface area (Å²) < 4.78 is 35.3. The molecule has 3 aliphatic heterocycles. The summed E-state index contributed by atoms with van der Waals surface area (Å²) in [6, 6.07) is -1.22. The number of carbonyl (C=O) groups is 6. The summed E-state index contributed by atoms with van der Waals surface area (Å²) in [7, 11) is 4.32. The number of aliphatic hydroxyl groups is 5. The summed E-state index contributed by atoms with van der Waals surface area (Å²) in [6.45, 7) is 12.1. The van der Waals surface area contributed by atoms with Gasteiger partial charge >= 0.3 is 11.9 Å². The van der Waals surface area contributed by atoms with Gasteiger partial charge in [0.25, 0.3) is 11.7 Å². The van der Waals surface area contributed by atoms with Crippen LogP contribution < -0.4 is 0 Å². The van der Waals surface area contributed by atoms with Crippen LogP contribution in [0.3, 0.4) is 0 Å². The van der Waals surface area contributed by atoms with E-state index in [0.29, 0.717) is 51.4 Å². The fraction of sp³-hybridized carbons (Fsp3) is 0.750. The maximum atomic E-state index is 14.5. The number of aliphatic hydroxyl groups excluding tert-OH is 4. The molecule has 0 aromatic heterocycles. The number of fused-ring (bicyclic) bond motifs is 3. The topological polar surface area (TPSA) is 262 Å². The van der Waals surface area contributed by atoms with Gasteiger partial charge in [0.05, 0.1) is 37.6 Å². The Labute approximate surface area is 437 Å². The number of hydrogen-bond acceptors (Lipinski definition) is 17. The maximum Gasteiger partial charge on any atom is 0.329 e. The molecule has 5 N–H and O–H groups in total. The van der Waals surface area contributed by atoms with E-state index in [4.69, 9.17) is 28.4 Å². The molecule has 1 aliphatic carbocycles. The monoisotopic (exact) mass is 1050 g/mol. The Kier molecular flexibility index (Phi) is 24.0. The van der Waals surface area contributed by atoms with Crippen LogP contribution in [-0.2, 0) is 57.2 Å². The van der Waals surface area contributed by atoms with Gasteiger partial charge in [-0.3, -0.25) is 24.0 Å². The van der Waals surface area contributed by atoms with Crippen LogP contribution in [0.25, 0.3) is 0 Å². The second-order valence-electron chi connectivity index (χ2n) is 21.9. The van der Waals surface area contributed by atoms with Crippen molar-refractivity contribution in [2.45, 2.75) is 187 Å². The molecule has 0 aromatic rings. The van der Waals surface area contributed by atoms with Crippen LogP contribution in [0.5, 0.6) is 0 Å². The van der Waals surface area contributed by atoms with E-state index in [0.717, 1.165) is 10.5 Å². The van der Waals surface area contributed by atoms with Crippen LogP contribution >= 0.6 is 0 Å². The number of cyclic esters (lactones) is 1. The van der Waals surface area contributed by atoms with Gasteiger partial charge in [-0.25, -0.2) is 4.79 Å². The Hall–Kier alpha value is -3.98. The maximum absolute atomic E-state index is 14.5. The molecule has 4 rings (SSSR count). The molecule has 3 fully saturated rings. The Balaban J connectivity index is 1.71. The Morgan fingerprint density at radius 2 is 1.55 bits per heavy atom. The number of esters is 2. The molecular weight excluding hydrogens is 959 g/mol. The normalized spacial score (nSPS) is 37.0. The first-order chi connectivity index (χ1) is 34.9. The molecule has 3 heterocycles. The van der Waals surface area contributed by atoms with Crippen LogP contribution in [0.4, 0.5) is 0 Å². The van der Waals surface area contributed by atoms with Crippen molar-refractivity contribution in [3.8, 4) is 0 Å². The van der Waals surface area contributed by atoms with Gasteiger partial charge in [-0.1, -0.05) is 71.1 Å². The molecule has 18 nitrogen and oxygen atoms in total. The van der Waals surface area contributed by atoms with E-state index in [-0.39, 0.29) is 43.1 Å². The molecule has 1 amide bonds. The van der Waals surface area contributed by atoms with Crippen LogP contribution in [-0.4, -0.2) is 167 Å². The van der Waals surface area contributed by atoms with Crippen molar-refractivity contribution in [3.63, 3.8) is 0 Å². The number of hydrogen-bond donors (Lipinski definition) is 5. The summed E-state index contributed by atoms with van der Waals surface area (Å²) in [5.41, 5.74) is -0.422. The molecule has 0 aromatic carbocycles. The molecule has 418 valence electrons. The minimum atomic E-state index is -2.49. The highest BCUT2D eigenvalue weighted by Crippen LogP contribution is 2.38. The van der Waals surface area contributed by atoms with Crippen molar-refractivity contribution >= 4 is 35.2 Å². The molecule has 0 spiro atoms. The fourth-order valence-corrected chi connectivity index (χ4v) is 10.6. The van der Waals surface area contributed by atoms with Gasteiger partial charge in [0.2, 0.25) is 5.79 Å². The van der Waals surface area contributed by atoms with Gasteiger partial charge in [0.15, 0.2) is 5.78 Å². The van der Waals surface area contributed by atoms with Crippen LogP contribution in [0, 0.1) is 40.9 Å². The number of amides is 1. The van der Waals surface area contributed by atoms with Crippen molar-refractivity contribution < 1.29 is 82.7 Å². The van der Waals surface area contributed by atoms with Gasteiger partial charge in [0.1, 0.15) is 41.7 Å². The van der Waals surface area contributed by atoms with E-state index in [1.807, 2.05) is 19.9 Å². The molecular formula is C56H87NO17. The lowest BCUT2D eigenvalue weighted by Crippen LogP contribution is -2.61. The second-order valence-corrected chi connectivity index (χ2v) is 21.9. The fourth-order valence-electron chi connectivity index (χ4n) is 10.6. The van der Waals surface area contributed by atoms with Crippen molar-refractivity contribution in [3.05, 3.63) is 47.6 Å². The summed E-state index contributed by atoms with van der Waals surface area (Å²) in [5, 5.41) is 54.4. The number of allylic oxidation sites excluding steroid dienone is 5. The molecule has 18 heteroatoms. The van der Waals surface area contributed by atoms with Crippen molar-refractivity contribution in [2.75, 3.05) is 41.1 Å². The lowest BCUT2D eigenvalue weighted by Gasteiger charge is -2.42. The molecule has 4 aliphatic rings. The number of rotatable bonds is 10. The van der Waals surface area contributed by atoms with E-state index >= 15 is 0 Å². The zero-order chi connectivity index (χ0) is 55.2. The van der Waals surface area contributed by atoms with Gasteiger partial charge in [-0.05, 0) is 102 Å². The molecule has 74 heavy (non-hydrogen) atoms. The zero-order valence-corrected chi connectivity index (χ0v) is 45.6. The highest BCUT2D eigenvalue weighted by molar-refractivity contribution is 6.39. The Morgan fingerprint density at radius 1 is 0.865 bits per heavy atom. The third kappa shape index (κ3) is 15.6. The first-order valence-corrected chi connectivity index (χ1v) is 26.5. The van der Waals surface area contributed by atoms with Crippen LogP contribution in [0.1, 0.15) is 126 Å². The average molecular weight is 1050 g/mol. The van der Waals surface area contributed by atoms with Crippen molar-refractivity contribution in [1.82, 2.24) is 4.90 Å². The number of piperidine rings is 1. The highest BCUT2D eigenvalue weighted by Gasteiger charge is 2.53. The van der Waals surface area contributed by atoms with Gasteiger partial charge in [0, 0.05) is 64.4 Å². The summed E-state index contributed by atoms with van der Waals surface area (Å²) in [5.74, 6) is -10.8. The van der Waals surface area contributed by atoms with E-state index in [1.165, 1.54) is 34.3 Å². The quantitative estimate of drug-likeness (QED) is 0.113. The minimum Gasteiger partial charge on any atom is -0.460 e. The standard InChI is InChI=1S/C56H87NO17/c1-32-17-13-12-14-18-33(2)47(61)38(7)49(63)50(71-11)48(62)36(5)25-34(3)42(60)29-45(35(4)26-39-21-23-43(46(27-39)70-10)73-54(67)55(8,30-58)31-59)72-53(66)41-19-15-16-24-57(41)52(65)51(64)56(68)37(6)20-22-40(74-56)28-44(32)69-9/h12-14,17-18,25,33-35,37-41,43-48,50,58-59,61-62,68H,15-16,19-24,26-31H2,1-11H3/b13-12?,18-14+,32-17?,36-25+. The van der Waals surface area contributed by atoms with E-state index in [2.05, 4.69) is 0 Å². The highest BCUT2D eigenvalue weighted by atomic mass is 16.6. The first kappa shape index (κ1) is 62.6. The van der Waals surface area contributed by atoms with Crippen LogP contribution in [0.2, 0.25) is 0 Å². The summed E-state index contributed by atoms with van der Waals surface area (Å²) in [4.78, 5) is 85.5. The minimum absolute atomic E-state index is 0.0306. The van der Waals surface area contributed by atoms with E-state index in [1.54, 1.807) is 58.9 Å². The number of carbonyl (C=O) groups excluding carboxylic acids is 6. The Morgan fingerprint density at radius 3 is 2.19 bits per heavy atom. The zero-order valence-electron chi connectivity index (χ0n) is 45.6.